The second kappa shape index (κ2) is 5.47. The fraction of sp³-hybridized carbons (Fsp3) is 0.200. The van der Waals surface area contributed by atoms with Crippen LogP contribution in [0.2, 0.25) is 0 Å². The third kappa shape index (κ3) is 2.80. The van der Waals surface area contributed by atoms with Gasteiger partial charge in [-0.2, -0.15) is 0 Å². The first kappa shape index (κ1) is 12.3. The van der Waals surface area contributed by atoms with Gasteiger partial charge in [0.2, 0.25) is 0 Å². The van der Waals surface area contributed by atoms with Gasteiger partial charge in [-0.25, -0.2) is 4.98 Å². The maximum atomic E-state index is 4.61. The number of nitrogens with one attached hydrogen (secondary N) is 1. The summed E-state index contributed by atoms with van der Waals surface area (Å²) in [5.74, 6) is 0. The number of aromatic nitrogens is 2. The van der Waals surface area contributed by atoms with Gasteiger partial charge >= 0.3 is 0 Å². The molecule has 0 aliphatic heterocycles. The first-order chi connectivity index (χ1) is 9.33. The Bertz CT molecular complexity index is 664. The molecule has 19 heavy (non-hydrogen) atoms. The number of hydrogen-bond donors (Lipinski definition) is 1. The molecule has 3 nitrogen and oxygen atoms in total. The highest BCUT2D eigenvalue weighted by Gasteiger charge is 2.06. The van der Waals surface area contributed by atoms with E-state index in [0.29, 0.717) is 6.04 Å². The Morgan fingerprint density at radius 1 is 1.16 bits per heavy atom. The molecule has 3 aromatic rings. The monoisotopic (exact) mass is 269 g/mol. The SMILES string of the molecule is C[C@H](NCc1cnc2ccccc2n1)c1cccs1. The van der Waals surface area contributed by atoms with Gasteiger partial charge in [-0.15, -0.1) is 11.3 Å². The van der Waals surface area contributed by atoms with E-state index >= 15 is 0 Å². The van der Waals surface area contributed by atoms with E-state index in [9.17, 15) is 0 Å². The average molecular weight is 269 g/mol. The fourth-order valence-corrected chi connectivity index (χ4v) is 2.74. The second-order valence-corrected chi connectivity index (χ2v) is 5.45. The van der Waals surface area contributed by atoms with Crippen LogP contribution in [0.3, 0.4) is 0 Å². The van der Waals surface area contributed by atoms with Crippen LogP contribution in [0.25, 0.3) is 11.0 Å². The highest BCUT2D eigenvalue weighted by atomic mass is 32.1. The largest absolute Gasteiger partial charge is 0.304 e. The Morgan fingerprint density at radius 2 is 2.00 bits per heavy atom. The minimum absolute atomic E-state index is 0.341. The zero-order valence-corrected chi connectivity index (χ0v) is 11.5. The van der Waals surface area contributed by atoms with Gasteiger partial charge in [0.15, 0.2) is 0 Å². The predicted molar refractivity (Wildman–Crippen MR) is 79.1 cm³/mol. The molecule has 1 N–H and O–H groups in total. The number of hydrogen-bond acceptors (Lipinski definition) is 4. The summed E-state index contributed by atoms with van der Waals surface area (Å²) in [6, 6.07) is 12.5. The van der Waals surface area contributed by atoms with Gasteiger partial charge in [0.1, 0.15) is 0 Å². The van der Waals surface area contributed by atoms with Crippen LogP contribution in [0, 0.1) is 0 Å². The lowest BCUT2D eigenvalue weighted by Gasteiger charge is -2.11. The standard InChI is InChI=1S/C15H15N3S/c1-11(15-7-4-8-19-15)16-9-12-10-17-13-5-2-3-6-14(13)18-12/h2-8,10-11,16H,9H2,1H3/t11-/m0/s1. The van der Waals surface area contributed by atoms with E-state index in [0.717, 1.165) is 23.3 Å². The molecule has 0 spiro atoms. The van der Waals surface area contributed by atoms with E-state index < -0.39 is 0 Å². The maximum Gasteiger partial charge on any atom is 0.0890 e. The van der Waals surface area contributed by atoms with Gasteiger partial charge in [0.05, 0.1) is 22.9 Å². The lowest BCUT2D eigenvalue weighted by Crippen LogP contribution is -2.18. The Balaban J connectivity index is 1.71. The lowest BCUT2D eigenvalue weighted by molar-refractivity contribution is 0.575. The quantitative estimate of drug-likeness (QED) is 0.787. The molecular weight excluding hydrogens is 254 g/mol. The van der Waals surface area contributed by atoms with Crippen molar-refractivity contribution < 1.29 is 0 Å². The summed E-state index contributed by atoms with van der Waals surface area (Å²) in [6.07, 6.45) is 1.84. The number of benzene rings is 1. The van der Waals surface area contributed by atoms with Crippen molar-refractivity contribution in [1.82, 2.24) is 15.3 Å². The van der Waals surface area contributed by atoms with Gasteiger partial charge in [0.25, 0.3) is 0 Å². The van der Waals surface area contributed by atoms with Gasteiger partial charge < -0.3 is 5.32 Å². The van der Waals surface area contributed by atoms with Crippen molar-refractivity contribution in [2.45, 2.75) is 19.5 Å². The molecule has 0 amide bonds. The minimum atomic E-state index is 0.341. The van der Waals surface area contributed by atoms with Crippen LogP contribution in [0.1, 0.15) is 23.5 Å². The smallest absolute Gasteiger partial charge is 0.0890 e. The zero-order chi connectivity index (χ0) is 13.1. The van der Waals surface area contributed by atoms with Crippen LogP contribution in [-0.4, -0.2) is 9.97 Å². The summed E-state index contributed by atoms with van der Waals surface area (Å²) in [4.78, 5) is 10.4. The summed E-state index contributed by atoms with van der Waals surface area (Å²) in [5.41, 5.74) is 2.87. The van der Waals surface area contributed by atoms with Crippen molar-refractivity contribution in [3.05, 3.63) is 58.5 Å². The molecule has 96 valence electrons. The molecule has 0 unspecified atom stereocenters. The van der Waals surface area contributed by atoms with E-state index in [1.54, 1.807) is 11.3 Å². The van der Waals surface area contributed by atoms with Gasteiger partial charge in [-0.3, -0.25) is 4.98 Å². The summed E-state index contributed by atoms with van der Waals surface area (Å²) in [6.45, 7) is 2.90. The van der Waals surface area contributed by atoms with Crippen molar-refractivity contribution >= 4 is 22.4 Å². The highest BCUT2D eigenvalue weighted by Crippen LogP contribution is 2.18. The Hall–Kier alpha value is -1.78. The topological polar surface area (TPSA) is 37.8 Å². The molecule has 0 bridgehead atoms. The van der Waals surface area contributed by atoms with Crippen molar-refractivity contribution in [1.29, 1.82) is 0 Å². The van der Waals surface area contributed by atoms with Crippen molar-refractivity contribution in [2.75, 3.05) is 0 Å². The highest BCUT2D eigenvalue weighted by molar-refractivity contribution is 7.10. The van der Waals surface area contributed by atoms with E-state index in [4.69, 9.17) is 0 Å². The van der Waals surface area contributed by atoms with Crippen molar-refractivity contribution in [3.8, 4) is 0 Å². The molecule has 2 heterocycles. The number of nitrogens with zero attached hydrogens (tertiary/aromatic N) is 2. The molecule has 0 saturated carbocycles. The predicted octanol–water partition coefficient (Wildman–Crippen LogP) is 3.54. The number of fused-ring (bicyclic) bond motifs is 1. The summed E-state index contributed by atoms with van der Waals surface area (Å²) in [7, 11) is 0. The van der Waals surface area contributed by atoms with Crippen molar-refractivity contribution in [2.24, 2.45) is 0 Å². The Morgan fingerprint density at radius 3 is 2.79 bits per heavy atom. The van der Waals surface area contributed by atoms with Gasteiger partial charge in [-0.05, 0) is 30.5 Å². The van der Waals surface area contributed by atoms with Crippen LogP contribution in [0.5, 0.6) is 0 Å². The molecule has 1 aromatic carbocycles. The number of para-hydroxylation sites is 2. The first-order valence-electron chi connectivity index (χ1n) is 6.30. The molecule has 0 radical (unpaired) electrons. The minimum Gasteiger partial charge on any atom is -0.304 e. The molecule has 4 heteroatoms. The van der Waals surface area contributed by atoms with Crippen molar-refractivity contribution in [3.63, 3.8) is 0 Å². The number of rotatable bonds is 4. The van der Waals surface area contributed by atoms with Crippen LogP contribution in [0.4, 0.5) is 0 Å². The Labute approximate surface area is 116 Å². The third-order valence-corrected chi connectivity index (χ3v) is 4.11. The third-order valence-electron chi connectivity index (χ3n) is 3.06. The van der Waals surface area contributed by atoms with Crippen LogP contribution >= 0.6 is 11.3 Å². The molecule has 3 rings (SSSR count). The van der Waals surface area contributed by atoms with Crippen LogP contribution in [-0.2, 0) is 6.54 Å². The van der Waals surface area contributed by atoms with Crippen LogP contribution < -0.4 is 5.32 Å². The Kier molecular flexibility index (Phi) is 3.53. The molecule has 0 saturated heterocycles. The maximum absolute atomic E-state index is 4.61. The van der Waals surface area contributed by atoms with E-state index in [1.165, 1.54) is 4.88 Å². The average Bonchev–Trinajstić information content (AvgIpc) is 2.99. The molecule has 0 fully saturated rings. The first-order valence-corrected chi connectivity index (χ1v) is 7.18. The summed E-state index contributed by atoms with van der Waals surface area (Å²) >= 11 is 1.77. The molecule has 0 aliphatic carbocycles. The van der Waals surface area contributed by atoms with E-state index in [1.807, 2.05) is 30.5 Å². The summed E-state index contributed by atoms with van der Waals surface area (Å²) in [5, 5.41) is 5.57. The lowest BCUT2D eigenvalue weighted by atomic mass is 10.2. The fourth-order valence-electron chi connectivity index (χ4n) is 1.98. The molecule has 1 atom stereocenters. The zero-order valence-electron chi connectivity index (χ0n) is 10.7. The van der Waals surface area contributed by atoms with Gasteiger partial charge in [-0.1, -0.05) is 18.2 Å². The number of thiophene rings is 1. The van der Waals surface area contributed by atoms with E-state index in [2.05, 4.69) is 39.7 Å². The molecule has 2 aromatic heterocycles. The van der Waals surface area contributed by atoms with Gasteiger partial charge in [0, 0.05) is 17.5 Å². The summed E-state index contributed by atoms with van der Waals surface area (Å²) < 4.78 is 0. The molecular formula is C15H15N3S. The molecule has 0 aliphatic rings. The second-order valence-electron chi connectivity index (χ2n) is 4.47. The van der Waals surface area contributed by atoms with Crippen LogP contribution in [0.15, 0.2) is 48.0 Å². The van der Waals surface area contributed by atoms with E-state index in [-0.39, 0.29) is 0 Å². The normalized spacial score (nSPS) is 12.7.